The van der Waals surface area contributed by atoms with Crippen molar-refractivity contribution in [2.24, 2.45) is 11.8 Å². The van der Waals surface area contributed by atoms with Gasteiger partial charge in [0.1, 0.15) is 11.6 Å². The molecule has 0 aromatic heterocycles. The van der Waals surface area contributed by atoms with Gasteiger partial charge in [0, 0.05) is 24.5 Å². The number of aliphatic hydroxyl groups is 1. The summed E-state index contributed by atoms with van der Waals surface area (Å²) in [6.45, 7) is 13.8. The molecule has 1 N–H and O–H groups in total. The Balaban J connectivity index is 1.61. The van der Waals surface area contributed by atoms with Crippen LogP contribution in [0.1, 0.15) is 37.3 Å². The van der Waals surface area contributed by atoms with E-state index >= 15 is 0 Å². The second-order valence-corrected chi connectivity index (χ2v) is 11.6. The Labute approximate surface area is 248 Å². The van der Waals surface area contributed by atoms with Crippen molar-refractivity contribution in [3.8, 4) is 0 Å². The molecule has 3 amide bonds. The lowest BCUT2D eigenvalue weighted by molar-refractivity contribution is -0.144. The molecule has 3 aliphatic heterocycles. The van der Waals surface area contributed by atoms with Crippen LogP contribution in [0.25, 0.3) is 0 Å². The molecule has 3 saturated heterocycles. The first-order chi connectivity index (χ1) is 20.2. The molecule has 3 aliphatic rings. The molecule has 2 aromatic carbocycles. The molecular weight excluding hydrogens is 530 g/mol. The van der Waals surface area contributed by atoms with Crippen molar-refractivity contribution in [3.63, 3.8) is 0 Å². The summed E-state index contributed by atoms with van der Waals surface area (Å²) < 4.78 is 6.69. The first-order valence-corrected chi connectivity index (χ1v) is 14.8. The molecule has 2 unspecified atom stereocenters. The molecule has 0 radical (unpaired) electrons. The van der Waals surface area contributed by atoms with Gasteiger partial charge < -0.3 is 24.5 Å². The highest BCUT2D eigenvalue weighted by molar-refractivity contribution is 6.07. The van der Waals surface area contributed by atoms with Crippen LogP contribution >= 0.6 is 0 Å². The minimum atomic E-state index is -1.17. The average molecular weight is 572 g/mol. The van der Waals surface area contributed by atoms with Crippen LogP contribution in [0.15, 0.2) is 73.8 Å². The number of likely N-dealkylation sites (tertiary alicyclic amines) is 1. The van der Waals surface area contributed by atoms with E-state index in [4.69, 9.17) is 4.74 Å². The van der Waals surface area contributed by atoms with Gasteiger partial charge in [0.25, 0.3) is 5.91 Å². The van der Waals surface area contributed by atoms with E-state index in [-0.39, 0.29) is 37.4 Å². The Morgan fingerprint density at radius 2 is 1.69 bits per heavy atom. The highest BCUT2D eigenvalue weighted by Crippen LogP contribution is 2.59. The molecule has 5 rings (SSSR count). The maximum atomic E-state index is 14.8. The summed E-state index contributed by atoms with van der Waals surface area (Å²) in [5.41, 5.74) is 2.17. The largest absolute Gasteiger partial charge is 0.394 e. The lowest BCUT2D eigenvalue weighted by Crippen LogP contribution is -2.59. The Hall–Kier alpha value is -3.75. The van der Waals surface area contributed by atoms with E-state index in [9.17, 15) is 19.5 Å². The van der Waals surface area contributed by atoms with Crippen molar-refractivity contribution in [2.75, 3.05) is 29.5 Å². The summed E-state index contributed by atoms with van der Waals surface area (Å²) in [6.07, 6.45) is 4.36. The Kier molecular flexibility index (Phi) is 8.39. The number of hydrogen-bond acceptors (Lipinski definition) is 5. The predicted octanol–water partition coefficient (Wildman–Crippen LogP) is 4.19. The highest BCUT2D eigenvalue weighted by Gasteiger charge is 2.75. The molecule has 0 saturated carbocycles. The van der Waals surface area contributed by atoms with Crippen molar-refractivity contribution in [1.29, 1.82) is 0 Å². The maximum Gasteiger partial charge on any atom is 0.253 e. The van der Waals surface area contributed by atoms with Crippen LogP contribution in [0.3, 0.4) is 0 Å². The predicted molar refractivity (Wildman–Crippen MR) is 163 cm³/mol. The number of hydrogen-bond donors (Lipinski definition) is 1. The zero-order valence-corrected chi connectivity index (χ0v) is 24.7. The van der Waals surface area contributed by atoms with Crippen LogP contribution in [-0.2, 0) is 19.1 Å². The topological polar surface area (TPSA) is 90.4 Å². The molecule has 3 fully saturated rings. The third kappa shape index (κ3) is 4.57. The number of carbonyl (C=O) groups is 3. The van der Waals surface area contributed by atoms with E-state index in [1.165, 1.54) is 0 Å². The molecule has 8 nitrogen and oxygen atoms in total. The van der Waals surface area contributed by atoms with E-state index in [0.717, 1.165) is 16.8 Å². The molecule has 0 aliphatic carbocycles. The Bertz CT molecular complexity index is 1350. The number of nitrogens with zero attached hydrogens (tertiary/aromatic N) is 3. The second-order valence-electron chi connectivity index (χ2n) is 11.6. The minimum absolute atomic E-state index is 0.214. The summed E-state index contributed by atoms with van der Waals surface area (Å²) in [4.78, 5) is 48.5. The first kappa shape index (κ1) is 29.7. The third-order valence-electron chi connectivity index (χ3n) is 9.27. The fourth-order valence-corrected chi connectivity index (χ4v) is 7.50. The fraction of sp³-hybridized carbons (Fsp3) is 0.441. The van der Waals surface area contributed by atoms with Crippen molar-refractivity contribution < 1.29 is 24.2 Å². The van der Waals surface area contributed by atoms with Gasteiger partial charge >= 0.3 is 0 Å². The highest BCUT2D eigenvalue weighted by atomic mass is 16.5. The quantitative estimate of drug-likeness (QED) is 0.409. The number of para-hydroxylation sites is 2. The number of benzene rings is 2. The molecule has 2 aromatic rings. The van der Waals surface area contributed by atoms with Gasteiger partial charge in [0.15, 0.2) is 0 Å². The van der Waals surface area contributed by atoms with Crippen molar-refractivity contribution in [1.82, 2.24) is 4.90 Å². The van der Waals surface area contributed by atoms with Gasteiger partial charge in [0.05, 0.1) is 30.6 Å². The smallest absolute Gasteiger partial charge is 0.253 e. The van der Waals surface area contributed by atoms with Crippen molar-refractivity contribution in [3.05, 3.63) is 85.0 Å². The van der Waals surface area contributed by atoms with E-state index in [1.807, 2.05) is 69.3 Å². The van der Waals surface area contributed by atoms with E-state index in [1.54, 1.807) is 26.9 Å². The second kappa shape index (κ2) is 11.9. The number of carbonyl (C=O) groups excluding carboxylic acids is 3. The molecule has 1 spiro atoms. The Morgan fingerprint density at radius 1 is 1.05 bits per heavy atom. The van der Waals surface area contributed by atoms with E-state index < -0.39 is 35.6 Å². The molecule has 222 valence electrons. The summed E-state index contributed by atoms with van der Waals surface area (Å²) in [6, 6.07) is 13.6. The minimum Gasteiger partial charge on any atom is -0.394 e. The van der Waals surface area contributed by atoms with Gasteiger partial charge in [-0.1, -0.05) is 55.5 Å². The van der Waals surface area contributed by atoms with Crippen LogP contribution in [-0.4, -0.2) is 71.2 Å². The van der Waals surface area contributed by atoms with E-state index in [2.05, 4.69) is 13.2 Å². The fourth-order valence-electron chi connectivity index (χ4n) is 7.50. The van der Waals surface area contributed by atoms with Crippen molar-refractivity contribution in [2.45, 2.75) is 63.8 Å². The van der Waals surface area contributed by atoms with Crippen LogP contribution in [0, 0.1) is 25.7 Å². The van der Waals surface area contributed by atoms with Crippen LogP contribution < -0.4 is 9.80 Å². The third-order valence-corrected chi connectivity index (χ3v) is 9.27. The summed E-state index contributed by atoms with van der Waals surface area (Å²) in [7, 11) is 0. The number of aliphatic hydroxyl groups excluding tert-OH is 1. The number of aryl methyl sites for hydroxylation is 2. The molecular formula is C34H41N3O5. The van der Waals surface area contributed by atoms with Crippen LogP contribution in [0.4, 0.5) is 11.4 Å². The lowest BCUT2D eigenvalue weighted by Gasteiger charge is -2.39. The van der Waals surface area contributed by atoms with Gasteiger partial charge in [-0.2, -0.15) is 0 Å². The number of rotatable bonds is 11. The molecule has 6 atom stereocenters. The SMILES string of the molecule is C=CCN(C(=O)[C@@H]1[C@H]2C(=O)N([C@@H](CC)CO)C(C(=O)N(CC=C)c3c(C)cccc3C)C23CC[C@H]1O3)c1ccccc1. The van der Waals surface area contributed by atoms with Gasteiger partial charge in [-0.3, -0.25) is 14.4 Å². The molecule has 2 bridgehead atoms. The molecule has 8 heteroatoms. The number of fused-ring (bicyclic) bond motifs is 1. The zero-order chi connectivity index (χ0) is 30.2. The maximum absolute atomic E-state index is 14.8. The standard InChI is InChI=1S/C34H41N3O5/c1-6-19-35(25-15-10-9-11-16-25)31(39)27-26-17-18-34(42-26)28(27)32(40)37(24(8-3)21-38)30(34)33(41)36(20-7-2)29-22(4)13-12-14-23(29)5/h6-7,9-16,24,26-28,30,38H,1-2,8,17-21H2,3-5H3/t24-,26+,27-,28-,30?,34?/m0/s1. The first-order valence-electron chi connectivity index (χ1n) is 14.8. The van der Waals surface area contributed by atoms with Gasteiger partial charge in [-0.25, -0.2) is 0 Å². The van der Waals surface area contributed by atoms with Crippen LogP contribution in [0.2, 0.25) is 0 Å². The lowest BCUT2D eigenvalue weighted by atomic mass is 9.70. The normalized spacial score (nSPS) is 26.6. The molecule has 42 heavy (non-hydrogen) atoms. The average Bonchev–Trinajstić information content (AvgIpc) is 3.63. The number of anilines is 2. The molecule has 3 heterocycles. The summed E-state index contributed by atoms with van der Waals surface area (Å²) in [5, 5.41) is 10.4. The Morgan fingerprint density at radius 3 is 2.29 bits per heavy atom. The van der Waals surface area contributed by atoms with Gasteiger partial charge in [-0.15, -0.1) is 13.2 Å². The monoisotopic (exact) mass is 571 g/mol. The van der Waals surface area contributed by atoms with Gasteiger partial charge in [0.2, 0.25) is 11.8 Å². The summed E-state index contributed by atoms with van der Waals surface area (Å²) in [5.74, 6) is -2.39. The number of amides is 3. The van der Waals surface area contributed by atoms with E-state index in [0.29, 0.717) is 24.9 Å². The van der Waals surface area contributed by atoms with Crippen LogP contribution in [0.5, 0.6) is 0 Å². The zero-order valence-electron chi connectivity index (χ0n) is 24.7. The summed E-state index contributed by atoms with van der Waals surface area (Å²) >= 11 is 0. The van der Waals surface area contributed by atoms with Crippen molar-refractivity contribution >= 4 is 29.1 Å². The number of ether oxygens (including phenoxy) is 1. The van der Waals surface area contributed by atoms with Gasteiger partial charge in [-0.05, 0) is 56.4 Å².